The Bertz CT molecular complexity index is 528. The van der Waals surface area contributed by atoms with Crippen LogP contribution >= 0.6 is 0 Å². The minimum absolute atomic E-state index is 0.0651. The van der Waals surface area contributed by atoms with Crippen molar-refractivity contribution in [1.82, 2.24) is 4.98 Å². The molecule has 0 amide bonds. The fourth-order valence-electron chi connectivity index (χ4n) is 1.94. The lowest BCUT2D eigenvalue weighted by molar-refractivity contribution is -0.131. The molecule has 1 heterocycles. The van der Waals surface area contributed by atoms with Crippen molar-refractivity contribution in [3.63, 3.8) is 0 Å². The summed E-state index contributed by atoms with van der Waals surface area (Å²) in [5.74, 6) is -0.0698. The lowest BCUT2D eigenvalue weighted by Crippen LogP contribution is -2.42. The van der Waals surface area contributed by atoms with E-state index >= 15 is 0 Å². The molecule has 0 aliphatic heterocycles. The molecule has 0 saturated carbocycles. The van der Waals surface area contributed by atoms with Gasteiger partial charge in [-0.1, -0.05) is 6.08 Å². The highest BCUT2D eigenvalue weighted by Crippen LogP contribution is 2.25. The maximum absolute atomic E-state index is 10.5. The van der Waals surface area contributed by atoms with Crippen LogP contribution < -0.4 is 4.90 Å². The van der Waals surface area contributed by atoms with Crippen molar-refractivity contribution in [1.29, 1.82) is 0 Å². The van der Waals surface area contributed by atoms with E-state index in [2.05, 4.69) is 37.2 Å². The fraction of sp³-hybridized carbons (Fsp3) is 0.375. The summed E-state index contributed by atoms with van der Waals surface area (Å²) >= 11 is 0. The monoisotopic (exact) mass is 274 g/mol. The van der Waals surface area contributed by atoms with Crippen molar-refractivity contribution >= 4 is 17.9 Å². The zero-order chi connectivity index (χ0) is 15.3. The molecule has 0 spiro atoms. The second-order valence-corrected chi connectivity index (χ2v) is 5.65. The van der Waals surface area contributed by atoms with Gasteiger partial charge in [0.2, 0.25) is 0 Å². The molecule has 0 radical (unpaired) electrons. The number of nitrogens with zero attached hydrogens (tertiary/aromatic N) is 2. The molecule has 4 heteroatoms. The Hall–Kier alpha value is -2.10. The molecule has 0 aliphatic carbocycles. The van der Waals surface area contributed by atoms with Gasteiger partial charge in [0.1, 0.15) is 5.82 Å². The minimum atomic E-state index is -0.963. The zero-order valence-electron chi connectivity index (χ0n) is 12.6. The first-order valence-electron chi connectivity index (χ1n) is 6.52. The van der Waals surface area contributed by atoms with E-state index in [0.29, 0.717) is 6.54 Å². The van der Waals surface area contributed by atoms with Gasteiger partial charge in [0.25, 0.3) is 0 Å². The molecule has 0 bridgehead atoms. The predicted octanol–water partition coefficient (Wildman–Crippen LogP) is 3.28. The molecule has 1 rings (SSSR count). The molecule has 0 atom stereocenters. The van der Waals surface area contributed by atoms with E-state index in [0.717, 1.165) is 23.0 Å². The van der Waals surface area contributed by atoms with E-state index in [1.807, 2.05) is 19.1 Å². The number of hydrogen-bond acceptors (Lipinski definition) is 3. The Morgan fingerprint density at radius 2 is 2.15 bits per heavy atom. The van der Waals surface area contributed by atoms with E-state index in [1.165, 1.54) is 0 Å². The molecule has 0 aliphatic rings. The van der Waals surface area contributed by atoms with Crippen molar-refractivity contribution in [2.24, 2.45) is 0 Å². The first-order chi connectivity index (χ1) is 9.25. The Balaban J connectivity index is 3.13. The van der Waals surface area contributed by atoms with Crippen LogP contribution in [0.1, 0.15) is 31.9 Å². The number of aromatic nitrogens is 1. The van der Waals surface area contributed by atoms with Gasteiger partial charge in [0.05, 0.1) is 0 Å². The van der Waals surface area contributed by atoms with E-state index in [-0.39, 0.29) is 5.54 Å². The first kappa shape index (κ1) is 16.0. The Kier molecular flexibility index (Phi) is 5.08. The highest BCUT2D eigenvalue weighted by atomic mass is 16.4. The van der Waals surface area contributed by atoms with Crippen LogP contribution in [0.15, 0.2) is 31.0 Å². The number of hydrogen-bond donors (Lipinski definition) is 1. The van der Waals surface area contributed by atoms with Crippen LogP contribution in [-0.2, 0) is 4.79 Å². The van der Waals surface area contributed by atoms with E-state index in [9.17, 15) is 4.79 Å². The predicted molar refractivity (Wildman–Crippen MR) is 82.9 cm³/mol. The van der Waals surface area contributed by atoms with Gasteiger partial charge in [-0.2, -0.15) is 0 Å². The van der Waals surface area contributed by atoms with Gasteiger partial charge < -0.3 is 10.0 Å². The molecular formula is C16H22N2O2. The number of anilines is 1. The van der Waals surface area contributed by atoms with Gasteiger partial charge in [0.15, 0.2) is 0 Å². The van der Waals surface area contributed by atoms with Crippen LogP contribution in [0.4, 0.5) is 5.82 Å². The van der Waals surface area contributed by atoms with Crippen LogP contribution in [0, 0.1) is 6.92 Å². The smallest absolute Gasteiger partial charge is 0.328 e. The Labute approximate surface area is 120 Å². The van der Waals surface area contributed by atoms with Crippen LogP contribution in [-0.4, -0.2) is 28.1 Å². The summed E-state index contributed by atoms with van der Waals surface area (Å²) in [5, 5.41) is 8.64. The molecule has 0 fully saturated rings. The largest absolute Gasteiger partial charge is 0.478 e. The van der Waals surface area contributed by atoms with Gasteiger partial charge in [0, 0.05) is 24.4 Å². The Morgan fingerprint density at radius 3 is 2.60 bits per heavy atom. The van der Waals surface area contributed by atoms with Gasteiger partial charge in [-0.3, -0.25) is 0 Å². The van der Waals surface area contributed by atoms with E-state index in [1.54, 1.807) is 12.3 Å². The van der Waals surface area contributed by atoms with Gasteiger partial charge in [-0.25, -0.2) is 9.78 Å². The molecule has 1 N–H and O–H groups in total. The molecule has 0 saturated heterocycles. The summed E-state index contributed by atoms with van der Waals surface area (Å²) in [4.78, 5) is 17.2. The van der Waals surface area contributed by atoms with Crippen LogP contribution in [0.2, 0.25) is 0 Å². The topological polar surface area (TPSA) is 53.4 Å². The summed E-state index contributed by atoms with van der Waals surface area (Å²) in [6.07, 6.45) is 6.19. The molecule has 4 nitrogen and oxygen atoms in total. The van der Waals surface area contributed by atoms with E-state index in [4.69, 9.17) is 5.11 Å². The number of rotatable bonds is 5. The number of aliphatic carboxylic acids is 1. The van der Waals surface area contributed by atoms with Gasteiger partial charge in [-0.15, -0.1) is 6.58 Å². The second-order valence-electron chi connectivity index (χ2n) is 5.65. The van der Waals surface area contributed by atoms with Crippen molar-refractivity contribution in [2.75, 3.05) is 11.4 Å². The average molecular weight is 274 g/mol. The van der Waals surface area contributed by atoms with Crippen molar-refractivity contribution < 1.29 is 9.90 Å². The number of carbonyl (C=O) groups is 1. The normalized spacial score (nSPS) is 11.6. The summed E-state index contributed by atoms with van der Waals surface area (Å²) in [5.41, 5.74) is 1.72. The number of pyridine rings is 1. The number of carboxylic acids is 1. The second kappa shape index (κ2) is 6.37. The third-order valence-electron chi connectivity index (χ3n) is 2.87. The first-order valence-corrected chi connectivity index (χ1v) is 6.52. The molecule has 108 valence electrons. The molecular weight excluding hydrogens is 252 g/mol. The lowest BCUT2D eigenvalue weighted by Gasteiger charge is -2.37. The SMILES string of the molecule is C=CCN(c1ncc(/C=C/C(=O)O)cc1C)C(C)(C)C. The summed E-state index contributed by atoms with van der Waals surface area (Å²) in [7, 11) is 0. The summed E-state index contributed by atoms with van der Waals surface area (Å²) < 4.78 is 0. The standard InChI is InChI=1S/C16H22N2O2/c1-6-9-18(16(3,4)5)15-12(2)10-13(11-17-15)7-8-14(19)20/h6-8,10-11H,1,9H2,2-5H3,(H,19,20)/b8-7+. The lowest BCUT2D eigenvalue weighted by atomic mass is 10.0. The van der Waals surface area contributed by atoms with Crippen molar-refractivity contribution in [3.05, 3.63) is 42.1 Å². The van der Waals surface area contributed by atoms with Gasteiger partial charge >= 0.3 is 5.97 Å². The van der Waals surface area contributed by atoms with Crippen LogP contribution in [0.3, 0.4) is 0 Å². The highest BCUT2D eigenvalue weighted by molar-refractivity contribution is 5.85. The Morgan fingerprint density at radius 1 is 1.50 bits per heavy atom. The van der Waals surface area contributed by atoms with Crippen LogP contribution in [0.25, 0.3) is 6.08 Å². The minimum Gasteiger partial charge on any atom is -0.478 e. The quantitative estimate of drug-likeness (QED) is 0.661. The third kappa shape index (κ3) is 4.23. The maximum Gasteiger partial charge on any atom is 0.328 e. The molecule has 20 heavy (non-hydrogen) atoms. The molecule has 1 aromatic heterocycles. The third-order valence-corrected chi connectivity index (χ3v) is 2.87. The van der Waals surface area contributed by atoms with Crippen molar-refractivity contribution in [3.8, 4) is 0 Å². The fourth-order valence-corrected chi connectivity index (χ4v) is 1.94. The molecule has 1 aromatic rings. The summed E-state index contributed by atoms with van der Waals surface area (Å²) in [6, 6.07) is 1.93. The maximum atomic E-state index is 10.5. The van der Waals surface area contributed by atoms with Crippen molar-refractivity contribution in [2.45, 2.75) is 33.2 Å². The zero-order valence-corrected chi connectivity index (χ0v) is 12.6. The number of aryl methyl sites for hydroxylation is 1. The summed E-state index contributed by atoms with van der Waals surface area (Å²) in [6.45, 7) is 12.8. The van der Waals surface area contributed by atoms with Gasteiger partial charge in [-0.05, 0) is 51.0 Å². The molecule has 0 unspecified atom stereocenters. The average Bonchev–Trinajstić information content (AvgIpc) is 2.33. The highest BCUT2D eigenvalue weighted by Gasteiger charge is 2.22. The molecule has 0 aromatic carbocycles. The number of carboxylic acid groups (broad SMARTS) is 1. The van der Waals surface area contributed by atoms with Crippen LogP contribution in [0.5, 0.6) is 0 Å². The van der Waals surface area contributed by atoms with E-state index < -0.39 is 5.97 Å².